The van der Waals surface area contributed by atoms with Gasteiger partial charge in [-0.3, -0.25) is 9.58 Å². The predicted octanol–water partition coefficient (Wildman–Crippen LogP) is 0.0970. The first kappa shape index (κ1) is 15.1. The number of aliphatic hydroxyl groups excluding tert-OH is 2. The van der Waals surface area contributed by atoms with Crippen LogP contribution < -0.4 is 0 Å². The van der Waals surface area contributed by atoms with Crippen LogP contribution in [0.4, 0.5) is 0 Å². The Morgan fingerprint density at radius 2 is 2.14 bits per heavy atom. The van der Waals surface area contributed by atoms with Crippen LogP contribution in [0.25, 0.3) is 0 Å². The molecule has 2 N–H and O–H groups in total. The fourth-order valence-electron chi connectivity index (χ4n) is 2.75. The van der Waals surface area contributed by atoms with Gasteiger partial charge in [0.15, 0.2) is 0 Å². The van der Waals surface area contributed by atoms with E-state index < -0.39 is 6.10 Å². The Kier molecular flexibility index (Phi) is 4.23. The van der Waals surface area contributed by atoms with Crippen LogP contribution >= 0.6 is 0 Å². The van der Waals surface area contributed by atoms with Crippen molar-refractivity contribution >= 4 is 0 Å². The quantitative estimate of drug-likeness (QED) is 0.814. The maximum absolute atomic E-state index is 9.69. The number of hydrogen-bond donors (Lipinski definition) is 2. The molecule has 8 nitrogen and oxygen atoms in total. The summed E-state index contributed by atoms with van der Waals surface area (Å²) < 4.78 is 3.98. The van der Waals surface area contributed by atoms with Crippen molar-refractivity contribution in [2.45, 2.75) is 45.6 Å². The smallest absolute Gasteiger partial charge is 0.147 e. The van der Waals surface area contributed by atoms with Crippen LogP contribution in [-0.4, -0.2) is 52.8 Å². The van der Waals surface area contributed by atoms with Crippen LogP contribution in [0.15, 0.2) is 12.4 Å². The highest BCUT2D eigenvalue weighted by molar-refractivity contribution is 5.14. The zero-order valence-electron chi connectivity index (χ0n) is 12.9. The second-order valence-electron chi connectivity index (χ2n) is 5.94. The molecule has 22 heavy (non-hydrogen) atoms. The van der Waals surface area contributed by atoms with E-state index in [9.17, 15) is 5.11 Å². The molecule has 1 unspecified atom stereocenters. The molecule has 0 saturated heterocycles. The Morgan fingerprint density at radius 3 is 2.86 bits per heavy atom. The lowest BCUT2D eigenvalue weighted by molar-refractivity contribution is 0.0915. The lowest BCUT2D eigenvalue weighted by Gasteiger charge is -2.27. The van der Waals surface area contributed by atoms with Gasteiger partial charge in [0, 0.05) is 19.1 Å². The maximum atomic E-state index is 9.69. The summed E-state index contributed by atoms with van der Waals surface area (Å²) in [5.74, 6) is 0.957. The molecule has 0 spiro atoms. The normalized spacial score (nSPS) is 17.0. The summed E-state index contributed by atoms with van der Waals surface area (Å²) in [5.41, 5.74) is 1.58. The van der Waals surface area contributed by atoms with E-state index in [4.69, 9.17) is 5.11 Å². The summed E-state index contributed by atoms with van der Waals surface area (Å²) in [4.78, 5) is 2.29. The van der Waals surface area contributed by atoms with Gasteiger partial charge in [-0.25, -0.2) is 0 Å². The van der Waals surface area contributed by atoms with Gasteiger partial charge >= 0.3 is 0 Å². The highest BCUT2D eigenvalue weighted by Gasteiger charge is 2.22. The highest BCUT2D eigenvalue weighted by atomic mass is 16.3. The van der Waals surface area contributed by atoms with Crippen LogP contribution in [0.2, 0.25) is 0 Å². The molecule has 0 aliphatic carbocycles. The third kappa shape index (κ3) is 2.90. The molecule has 0 aromatic carbocycles. The summed E-state index contributed by atoms with van der Waals surface area (Å²) in [6.45, 7) is 7.04. The third-order valence-corrected chi connectivity index (χ3v) is 3.98. The molecular weight excluding hydrogens is 284 g/mol. The third-order valence-electron chi connectivity index (χ3n) is 3.98. The topological polar surface area (TPSA) is 92.2 Å². The van der Waals surface area contributed by atoms with E-state index >= 15 is 0 Å². The van der Waals surface area contributed by atoms with Gasteiger partial charge < -0.3 is 14.8 Å². The number of hydrogen-bond acceptors (Lipinski definition) is 6. The first-order valence-electron chi connectivity index (χ1n) is 7.54. The minimum atomic E-state index is -0.907. The number of rotatable bonds is 5. The Bertz CT molecular complexity index is 635. The van der Waals surface area contributed by atoms with E-state index in [1.165, 1.54) is 0 Å². The van der Waals surface area contributed by atoms with Crippen LogP contribution in [0, 0.1) is 0 Å². The zero-order valence-corrected chi connectivity index (χ0v) is 12.9. The molecule has 0 amide bonds. The van der Waals surface area contributed by atoms with Gasteiger partial charge in [0.05, 0.1) is 31.1 Å². The first-order chi connectivity index (χ1) is 10.6. The summed E-state index contributed by atoms with van der Waals surface area (Å²) in [6.07, 6.45) is 0.861. The average molecular weight is 306 g/mol. The molecule has 1 aliphatic heterocycles. The van der Waals surface area contributed by atoms with Gasteiger partial charge in [0.25, 0.3) is 0 Å². The van der Waals surface area contributed by atoms with E-state index in [0.717, 1.165) is 37.7 Å². The largest absolute Gasteiger partial charge is 0.393 e. The highest BCUT2D eigenvalue weighted by Crippen LogP contribution is 2.19. The molecule has 120 valence electrons. The van der Waals surface area contributed by atoms with Gasteiger partial charge in [0.1, 0.15) is 18.3 Å². The molecule has 0 saturated carbocycles. The molecule has 2 aromatic heterocycles. The Morgan fingerprint density at radius 1 is 1.32 bits per heavy atom. The molecule has 3 rings (SSSR count). The standard InChI is InChI=1S/C14H22N6O2/c1-10(2)19-9-15-16-14(19)7-18-3-4-20-11(6-18)5-12(17-20)13(22)8-21/h5,9-10,13,21-22H,3-4,6-8H2,1-2H3. The van der Waals surface area contributed by atoms with E-state index in [-0.39, 0.29) is 6.61 Å². The second-order valence-corrected chi connectivity index (χ2v) is 5.94. The summed E-state index contributed by atoms with van der Waals surface area (Å²) in [6, 6.07) is 2.20. The second kappa shape index (κ2) is 6.15. The molecule has 0 bridgehead atoms. The van der Waals surface area contributed by atoms with Crippen molar-refractivity contribution in [2.75, 3.05) is 13.2 Å². The fourth-order valence-corrected chi connectivity index (χ4v) is 2.75. The monoisotopic (exact) mass is 306 g/mol. The number of nitrogens with zero attached hydrogens (tertiary/aromatic N) is 6. The SMILES string of the molecule is CC(C)n1cnnc1CN1CCn2nc(C(O)CO)cc2C1. The van der Waals surface area contributed by atoms with Crippen LogP contribution in [0.1, 0.15) is 43.2 Å². The van der Waals surface area contributed by atoms with Crippen molar-refractivity contribution in [3.63, 3.8) is 0 Å². The molecule has 0 fully saturated rings. The lowest BCUT2D eigenvalue weighted by atomic mass is 10.2. The summed E-state index contributed by atoms with van der Waals surface area (Å²) >= 11 is 0. The molecule has 2 aromatic rings. The molecule has 3 heterocycles. The van der Waals surface area contributed by atoms with Gasteiger partial charge in [-0.05, 0) is 19.9 Å². The van der Waals surface area contributed by atoms with Crippen molar-refractivity contribution in [2.24, 2.45) is 0 Å². The van der Waals surface area contributed by atoms with E-state index in [1.54, 1.807) is 6.33 Å². The summed E-state index contributed by atoms with van der Waals surface area (Å²) in [5, 5.41) is 31.3. The summed E-state index contributed by atoms with van der Waals surface area (Å²) in [7, 11) is 0. The average Bonchev–Trinajstić information content (AvgIpc) is 3.12. The van der Waals surface area contributed by atoms with Crippen molar-refractivity contribution in [3.8, 4) is 0 Å². The minimum Gasteiger partial charge on any atom is -0.393 e. The van der Waals surface area contributed by atoms with Crippen LogP contribution in [0.5, 0.6) is 0 Å². The predicted molar refractivity (Wildman–Crippen MR) is 78.8 cm³/mol. The number of fused-ring (bicyclic) bond motifs is 1. The fraction of sp³-hybridized carbons (Fsp3) is 0.643. The van der Waals surface area contributed by atoms with Gasteiger partial charge in [0.2, 0.25) is 0 Å². The van der Waals surface area contributed by atoms with Gasteiger partial charge in [-0.1, -0.05) is 0 Å². The van der Waals surface area contributed by atoms with Gasteiger partial charge in [-0.2, -0.15) is 5.10 Å². The van der Waals surface area contributed by atoms with E-state index in [1.807, 2.05) is 10.7 Å². The Balaban J connectivity index is 1.71. The maximum Gasteiger partial charge on any atom is 0.147 e. The number of aliphatic hydroxyl groups is 2. The molecular formula is C14H22N6O2. The number of aromatic nitrogens is 5. The lowest BCUT2D eigenvalue weighted by Crippen LogP contribution is -2.34. The first-order valence-corrected chi connectivity index (χ1v) is 7.54. The van der Waals surface area contributed by atoms with Crippen LogP contribution in [0.3, 0.4) is 0 Å². The molecule has 8 heteroatoms. The zero-order chi connectivity index (χ0) is 15.7. The van der Waals surface area contributed by atoms with Crippen LogP contribution in [-0.2, 0) is 19.6 Å². The van der Waals surface area contributed by atoms with E-state index in [0.29, 0.717) is 11.7 Å². The molecule has 1 aliphatic rings. The van der Waals surface area contributed by atoms with Crippen molar-refractivity contribution in [1.82, 2.24) is 29.4 Å². The van der Waals surface area contributed by atoms with Crippen molar-refractivity contribution < 1.29 is 10.2 Å². The molecule has 0 radical (unpaired) electrons. The van der Waals surface area contributed by atoms with Gasteiger partial charge in [-0.15, -0.1) is 10.2 Å². The molecule has 1 atom stereocenters. The van der Waals surface area contributed by atoms with E-state index in [2.05, 4.69) is 38.6 Å². The van der Waals surface area contributed by atoms with Crippen molar-refractivity contribution in [1.29, 1.82) is 0 Å². The Labute approximate surface area is 129 Å². The Hall–Kier alpha value is -1.77. The minimum absolute atomic E-state index is 0.308. The van der Waals surface area contributed by atoms with Crippen molar-refractivity contribution in [3.05, 3.63) is 29.6 Å².